The lowest BCUT2D eigenvalue weighted by Crippen LogP contribution is -2.33. The minimum Gasteiger partial charge on any atom is -0.368 e. The molecule has 0 aliphatic heterocycles. The molecule has 3 aromatic rings. The molecule has 3 aromatic carbocycles. The van der Waals surface area contributed by atoms with Crippen LogP contribution in [0.5, 0.6) is 0 Å². The van der Waals surface area contributed by atoms with Gasteiger partial charge >= 0.3 is 0 Å². The van der Waals surface area contributed by atoms with Gasteiger partial charge in [0.05, 0.1) is 4.75 Å². The van der Waals surface area contributed by atoms with Gasteiger partial charge in [0.1, 0.15) is 6.04 Å². The van der Waals surface area contributed by atoms with E-state index in [1.54, 1.807) is 0 Å². The zero-order chi connectivity index (χ0) is 19.8. The molecule has 140 valence electrons. The van der Waals surface area contributed by atoms with Crippen LogP contribution in [-0.4, -0.2) is 23.8 Å². The van der Waals surface area contributed by atoms with Crippen LogP contribution in [0.15, 0.2) is 96.0 Å². The predicted octanol–water partition coefficient (Wildman–Crippen LogP) is 3.90. The maximum Gasteiger partial charge on any atom is 0.244 e. The minimum atomic E-state index is -0.932. The summed E-state index contributed by atoms with van der Waals surface area (Å²) in [6.45, 7) is 0. The summed E-state index contributed by atoms with van der Waals surface area (Å²) in [4.78, 5) is 26.1. The van der Waals surface area contributed by atoms with Crippen LogP contribution < -0.4 is 5.73 Å². The summed E-state index contributed by atoms with van der Waals surface area (Å²) in [7, 11) is 0. The third-order valence-electron chi connectivity index (χ3n) is 4.54. The topological polar surface area (TPSA) is 72.5 Å². The quantitative estimate of drug-likeness (QED) is 0.361. The van der Waals surface area contributed by atoms with Crippen molar-refractivity contribution in [1.29, 1.82) is 0 Å². The van der Waals surface area contributed by atoms with E-state index in [0.29, 0.717) is 0 Å². The van der Waals surface area contributed by atoms with Crippen molar-refractivity contribution in [2.45, 2.75) is 10.8 Å². The summed E-state index contributed by atoms with van der Waals surface area (Å²) >= 11 is 1.53. The first-order valence-electron chi connectivity index (χ1n) is 8.85. The molecule has 0 aromatic heterocycles. The average Bonchev–Trinajstić information content (AvgIpc) is 2.75. The fourth-order valence-corrected chi connectivity index (χ4v) is 4.77. The lowest BCUT2D eigenvalue weighted by Gasteiger charge is -2.36. The van der Waals surface area contributed by atoms with Gasteiger partial charge < -0.3 is 5.73 Å². The summed E-state index contributed by atoms with van der Waals surface area (Å²) in [6, 6.07) is 29.3. The van der Waals surface area contributed by atoms with Crippen molar-refractivity contribution in [3.8, 4) is 0 Å². The van der Waals surface area contributed by atoms with E-state index in [9.17, 15) is 9.59 Å². The highest BCUT2D eigenvalue weighted by Crippen LogP contribution is 2.48. The van der Waals surface area contributed by atoms with Crippen molar-refractivity contribution >= 4 is 23.7 Å². The van der Waals surface area contributed by atoms with Gasteiger partial charge in [0.15, 0.2) is 0 Å². The van der Waals surface area contributed by atoms with Gasteiger partial charge in [-0.15, -0.1) is 11.8 Å². The Balaban J connectivity index is 2.19. The Morgan fingerprint density at radius 3 is 1.57 bits per heavy atom. The molecule has 5 heteroatoms. The van der Waals surface area contributed by atoms with Crippen LogP contribution in [0.3, 0.4) is 0 Å². The molecule has 0 unspecified atom stereocenters. The van der Waals surface area contributed by atoms with Crippen LogP contribution in [0.1, 0.15) is 16.7 Å². The van der Waals surface area contributed by atoms with Crippen LogP contribution in [0.4, 0.5) is 0 Å². The molecule has 1 atom stereocenters. The first-order valence-corrected chi connectivity index (χ1v) is 9.84. The molecule has 0 heterocycles. The van der Waals surface area contributed by atoms with Gasteiger partial charge in [0.2, 0.25) is 12.0 Å². The van der Waals surface area contributed by atoms with Crippen LogP contribution in [0, 0.1) is 0 Å². The lowest BCUT2D eigenvalue weighted by atomic mass is 9.84. The Labute approximate surface area is 168 Å². The number of nitrogens with zero attached hydrogens (tertiary/aromatic N) is 1. The van der Waals surface area contributed by atoms with Gasteiger partial charge in [0.25, 0.3) is 0 Å². The number of primary amides is 1. The van der Waals surface area contributed by atoms with Gasteiger partial charge in [-0.1, -0.05) is 91.0 Å². The minimum absolute atomic E-state index is 0.253. The van der Waals surface area contributed by atoms with E-state index in [1.165, 1.54) is 17.8 Å². The molecule has 4 nitrogen and oxygen atoms in total. The molecule has 0 aliphatic rings. The number of rotatable bonds is 8. The third-order valence-corrected chi connectivity index (χ3v) is 6.16. The predicted molar refractivity (Wildman–Crippen MR) is 113 cm³/mol. The Morgan fingerprint density at radius 2 is 1.25 bits per heavy atom. The molecule has 0 spiro atoms. The van der Waals surface area contributed by atoms with E-state index in [-0.39, 0.29) is 5.75 Å². The summed E-state index contributed by atoms with van der Waals surface area (Å²) in [5, 5.41) is 0. The maximum absolute atomic E-state index is 11.8. The highest BCUT2D eigenvalue weighted by atomic mass is 32.2. The fourth-order valence-electron chi connectivity index (χ4n) is 3.22. The smallest absolute Gasteiger partial charge is 0.244 e. The number of thioether (sulfide) groups is 1. The van der Waals surface area contributed by atoms with Gasteiger partial charge in [-0.3, -0.25) is 4.79 Å². The van der Waals surface area contributed by atoms with Crippen LogP contribution >= 0.6 is 11.8 Å². The molecule has 0 saturated carbocycles. The molecule has 1 amide bonds. The highest BCUT2D eigenvalue weighted by Gasteiger charge is 2.38. The van der Waals surface area contributed by atoms with Gasteiger partial charge in [-0.25, -0.2) is 4.79 Å². The fraction of sp³-hybridized carbons (Fsp3) is 0.130. The largest absolute Gasteiger partial charge is 0.368 e. The van der Waals surface area contributed by atoms with Crippen molar-refractivity contribution in [3.63, 3.8) is 0 Å². The van der Waals surface area contributed by atoms with Crippen LogP contribution in [-0.2, 0) is 14.3 Å². The Morgan fingerprint density at radius 1 is 0.857 bits per heavy atom. The average molecular weight is 388 g/mol. The number of carbonyl (C=O) groups excluding carboxylic acids is 2. The number of carbonyl (C=O) groups is 1. The second kappa shape index (κ2) is 9.18. The van der Waals surface area contributed by atoms with Crippen molar-refractivity contribution in [2.75, 3.05) is 5.75 Å². The number of nitrogens with two attached hydrogens (primary N) is 1. The number of aliphatic imine (C=N–C) groups is 1. The molecule has 28 heavy (non-hydrogen) atoms. The van der Waals surface area contributed by atoms with E-state index in [2.05, 4.69) is 41.4 Å². The van der Waals surface area contributed by atoms with E-state index in [4.69, 9.17) is 5.73 Å². The second-order valence-corrected chi connectivity index (χ2v) is 7.46. The maximum atomic E-state index is 11.8. The number of benzene rings is 3. The zero-order valence-electron chi connectivity index (χ0n) is 15.2. The first kappa shape index (κ1) is 19.6. The number of isocyanates is 1. The Bertz CT molecular complexity index is 857. The van der Waals surface area contributed by atoms with Crippen molar-refractivity contribution in [2.24, 2.45) is 10.7 Å². The summed E-state index contributed by atoms with van der Waals surface area (Å²) < 4.78 is -0.587. The molecule has 0 saturated heterocycles. The standard InChI is InChI=1S/C23H20N2O2S/c24-22(27)21(25-17-26)16-28-23(18-10-4-1-5-11-18,19-12-6-2-7-13-19)20-14-8-3-9-15-20/h1-15,21H,16H2,(H2,24,27)/t21-/m0/s1. The monoisotopic (exact) mass is 388 g/mol. The first-order chi connectivity index (χ1) is 13.7. The van der Waals surface area contributed by atoms with Gasteiger partial charge in [-0.05, 0) is 16.7 Å². The van der Waals surface area contributed by atoms with E-state index < -0.39 is 16.7 Å². The van der Waals surface area contributed by atoms with Crippen molar-refractivity contribution < 1.29 is 9.59 Å². The Kier molecular flexibility index (Phi) is 6.43. The zero-order valence-corrected chi connectivity index (χ0v) is 16.0. The SMILES string of the molecule is NC(=O)[C@H](CSC(c1ccccc1)(c1ccccc1)c1ccccc1)N=C=O. The summed E-state index contributed by atoms with van der Waals surface area (Å²) in [5.41, 5.74) is 8.64. The van der Waals surface area contributed by atoms with E-state index in [1.807, 2.05) is 54.6 Å². The summed E-state index contributed by atoms with van der Waals surface area (Å²) in [5.74, 6) is -0.387. The number of hydrogen-bond donors (Lipinski definition) is 1. The highest BCUT2D eigenvalue weighted by molar-refractivity contribution is 8.00. The molecule has 3 rings (SSSR count). The third kappa shape index (κ3) is 4.06. The lowest BCUT2D eigenvalue weighted by molar-refractivity contribution is -0.118. The van der Waals surface area contributed by atoms with Gasteiger partial charge in [-0.2, -0.15) is 4.99 Å². The molecule has 2 N–H and O–H groups in total. The number of amides is 1. The van der Waals surface area contributed by atoms with Crippen LogP contribution in [0.2, 0.25) is 0 Å². The normalized spacial score (nSPS) is 12.0. The molecule has 0 radical (unpaired) electrons. The van der Waals surface area contributed by atoms with Crippen LogP contribution in [0.25, 0.3) is 0 Å². The van der Waals surface area contributed by atoms with E-state index >= 15 is 0 Å². The van der Waals surface area contributed by atoms with Crippen molar-refractivity contribution in [3.05, 3.63) is 108 Å². The Hall–Kier alpha value is -3.14. The van der Waals surface area contributed by atoms with Crippen molar-refractivity contribution in [1.82, 2.24) is 0 Å². The van der Waals surface area contributed by atoms with Gasteiger partial charge in [0, 0.05) is 5.75 Å². The molecule has 0 fully saturated rings. The molecule has 0 bridgehead atoms. The number of hydrogen-bond acceptors (Lipinski definition) is 4. The van der Waals surface area contributed by atoms with E-state index in [0.717, 1.165) is 16.7 Å². The molecular formula is C23H20N2O2S. The second-order valence-electron chi connectivity index (χ2n) is 6.23. The molecular weight excluding hydrogens is 368 g/mol. The summed E-state index contributed by atoms with van der Waals surface area (Å²) in [6.07, 6.45) is 1.47. The molecule has 0 aliphatic carbocycles.